The molecule has 1 fully saturated rings. The number of benzene rings is 1. The van der Waals surface area contributed by atoms with Crippen molar-refractivity contribution in [2.75, 3.05) is 23.3 Å². The van der Waals surface area contributed by atoms with E-state index in [1.165, 1.54) is 42.9 Å². The highest BCUT2D eigenvalue weighted by Gasteiger charge is 2.29. The van der Waals surface area contributed by atoms with Crippen LogP contribution in [0.25, 0.3) is 0 Å². The van der Waals surface area contributed by atoms with Gasteiger partial charge in [0.1, 0.15) is 0 Å². The monoisotopic (exact) mass is 342 g/mol. The first-order chi connectivity index (χ1) is 11.0. The second kappa shape index (κ2) is 6.74. The Bertz CT molecular complexity index is 633. The summed E-state index contributed by atoms with van der Waals surface area (Å²) >= 11 is 1.35. The zero-order valence-electron chi connectivity index (χ0n) is 12.4. The first-order valence-electron chi connectivity index (χ1n) is 7.51. The molecule has 1 aliphatic heterocycles. The molecule has 0 radical (unpaired) electrons. The first-order valence-corrected chi connectivity index (χ1v) is 8.28. The van der Waals surface area contributed by atoms with Crippen molar-refractivity contribution in [1.29, 1.82) is 0 Å². The van der Waals surface area contributed by atoms with Crippen LogP contribution in [0.2, 0.25) is 0 Å². The molecular formula is C15H17F3N4S. The van der Waals surface area contributed by atoms with Gasteiger partial charge in [0, 0.05) is 31.2 Å². The van der Waals surface area contributed by atoms with Gasteiger partial charge in [0.2, 0.25) is 11.1 Å². The molecule has 0 bridgehead atoms. The van der Waals surface area contributed by atoms with E-state index >= 15 is 0 Å². The third-order valence-corrected chi connectivity index (χ3v) is 4.55. The van der Waals surface area contributed by atoms with Crippen LogP contribution in [-0.4, -0.2) is 22.4 Å². The Kier molecular flexibility index (Phi) is 4.70. The van der Waals surface area contributed by atoms with Crippen molar-refractivity contribution < 1.29 is 13.2 Å². The van der Waals surface area contributed by atoms with E-state index in [1.807, 2.05) is 0 Å². The molecule has 0 aliphatic carbocycles. The quantitative estimate of drug-likeness (QED) is 0.906. The summed E-state index contributed by atoms with van der Waals surface area (Å²) in [5.74, 6) is 0.524. The number of nitrogens with zero attached hydrogens (tertiary/aromatic N) is 3. The lowest BCUT2D eigenvalue weighted by atomic mass is 10.1. The predicted molar refractivity (Wildman–Crippen MR) is 84.7 cm³/mol. The summed E-state index contributed by atoms with van der Waals surface area (Å²) in [5, 5.41) is 3.96. The molecule has 1 saturated heterocycles. The smallest absolute Gasteiger partial charge is 0.349 e. The molecule has 2 heterocycles. The van der Waals surface area contributed by atoms with E-state index in [4.69, 9.17) is 0 Å². The third kappa shape index (κ3) is 4.13. The van der Waals surface area contributed by atoms with Crippen LogP contribution in [0.4, 0.5) is 24.3 Å². The lowest BCUT2D eigenvalue weighted by Gasteiger charge is -2.25. The van der Waals surface area contributed by atoms with Crippen molar-refractivity contribution in [3.63, 3.8) is 0 Å². The Morgan fingerprint density at radius 1 is 1.09 bits per heavy atom. The average molecular weight is 342 g/mol. The van der Waals surface area contributed by atoms with Crippen molar-refractivity contribution in [3.05, 3.63) is 35.4 Å². The summed E-state index contributed by atoms with van der Waals surface area (Å²) in [7, 11) is 0. The van der Waals surface area contributed by atoms with Gasteiger partial charge in [-0.25, -0.2) is 0 Å². The van der Waals surface area contributed by atoms with E-state index in [0.29, 0.717) is 12.5 Å². The Labute approximate surface area is 136 Å². The zero-order valence-corrected chi connectivity index (χ0v) is 13.3. The Morgan fingerprint density at radius 3 is 2.43 bits per heavy atom. The molecule has 124 valence electrons. The maximum atomic E-state index is 12.5. The molecule has 0 saturated carbocycles. The number of alkyl halides is 3. The van der Waals surface area contributed by atoms with Gasteiger partial charge in [-0.05, 0) is 37.0 Å². The number of hydrogen-bond acceptors (Lipinski definition) is 5. The van der Waals surface area contributed by atoms with Gasteiger partial charge in [0.05, 0.1) is 5.56 Å². The van der Waals surface area contributed by atoms with E-state index in [1.54, 1.807) is 0 Å². The normalized spacial score (nSPS) is 15.7. The van der Waals surface area contributed by atoms with Crippen LogP contribution in [-0.2, 0) is 12.7 Å². The van der Waals surface area contributed by atoms with Crippen LogP contribution >= 0.6 is 11.5 Å². The van der Waals surface area contributed by atoms with Crippen molar-refractivity contribution >= 4 is 22.6 Å². The van der Waals surface area contributed by atoms with Gasteiger partial charge in [-0.3, -0.25) is 0 Å². The molecule has 23 heavy (non-hydrogen) atoms. The molecule has 1 aromatic carbocycles. The lowest BCUT2D eigenvalue weighted by Crippen LogP contribution is -2.29. The fourth-order valence-electron chi connectivity index (χ4n) is 2.49. The lowest BCUT2D eigenvalue weighted by molar-refractivity contribution is -0.137. The molecule has 1 aromatic heterocycles. The molecule has 0 spiro atoms. The van der Waals surface area contributed by atoms with Crippen LogP contribution in [0.3, 0.4) is 0 Å². The average Bonchev–Trinajstić information content (AvgIpc) is 3.02. The number of aromatic nitrogens is 2. The minimum Gasteiger partial charge on any atom is -0.349 e. The summed E-state index contributed by atoms with van der Waals surface area (Å²) in [4.78, 5) is 6.67. The maximum Gasteiger partial charge on any atom is 0.416 e. The van der Waals surface area contributed by atoms with Gasteiger partial charge in [0.25, 0.3) is 0 Å². The number of piperidine rings is 1. The molecule has 0 amide bonds. The molecule has 0 atom stereocenters. The summed E-state index contributed by atoms with van der Waals surface area (Å²) in [5.41, 5.74) is 0.118. The second-order valence-electron chi connectivity index (χ2n) is 5.50. The summed E-state index contributed by atoms with van der Waals surface area (Å²) in [6, 6.07) is 5.11. The Morgan fingerprint density at radius 2 is 1.78 bits per heavy atom. The van der Waals surface area contributed by atoms with Crippen LogP contribution < -0.4 is 10.2 Å². The Hall–Kier alpha value is -1.83. The molecule has 2 aromatic rings. The highest BCUT2D eigenvalue weighted by molar-refractivity contribution is 7.09. The highest BCUT2D eigenvalue weighted by Crippen LogP contribution is 2.29. The Balaban J connectivity index is 1.57. The molecule has 1 N–H and O–H groups in total. The number of nitrogens with one attached hydrogen (secondary N) is 1. The number of hydrogen-bond donors (Lipinski definition) is 1. The van der Waals surface area contributed by atoms with Gasteiger partial charge in [-0.1, -0.05) is 12.1 Å². The first kappa shape index (κ1) is 16.0. The topological polar surface area (TPSA) is 41.1 Å². The zero-order chi connectivity index (χ0) is 16.3. The molecule has 1 aliphatic rings. The van der Waals surface area contributed by atoms with Gasteiger partial charge in [-0.2, -0.15) is 22.5 Å². The van der Waals surface area contributed by atoms with E-state index in [9.17, 15) is 13.2 Å². The van der Waals surface area contributed by atoms with Gasteiger partial charge < -0.3 is 10.2 Å². The molecule has 4 nitrogen and oxygen atoms in total. The van der Waals surface area contributed by atoms with Crippen molar-refractivity contribution in [2.45, 2.75) is 32.0 Å². The van der Waals surface area contributed by atoms with Crippen molar-refractivity contribution in [2.24, 2.45) is 0 Å². The molecular weight excluding hydrogens is 325 g/mol. The molecule has 8 heteroatoms. The molecule has 0 unspecified atom stereocenters. The van der Waals surface area contributed by atoms with Crippen LogP contribution in [0, 0.1) is 0 Å². The minimum absolute atomic E-state index is 0.397. The van der Waals surface area contributed by atoms with Crippen LogP contribution in [0.15, 0.2) is 24.3 Å². The van der Waals surface area contributed by atoms with Crippen LogP contribution in [0.1, 0.15) is 30.4 Å². The van der Waals surface area contributed by atoms with Crippen molar-refractivity contribution in [3.8, 4) is 0 Å². The van der Waals surface area contributed by atoms with E-state index in [0.717, 1.165) is 35.9 Å². The fraction of sp³-hybridized carbons (Fsp3) is 0.467. The summed E-state index contributed by atoms with van der Waals surface area (Å²) < 4.78 is 41.8. The van der Waals surface area contributed by atoms with Crippen LogP contribution in [0.5, 0.6) is 0 Å². The molecule has 3 rings (SSSR count). The second-order valence-corrected chi connectivity index (χ2v) is 6.23. The van der Waals surface area contributed by atoms with Gasteiger partial charge >= 0.3 is 6.18 Å². The largest absolute Gasteiger partial charge is 0.416 e. The summed E-state index contributed by atoms with van der Waals surface area (Å²) in [6.45, 7) is 2.41. The number of halogens is 3. The third-order valence-electron chi connectivity index (χ3n) is 3.77. The van der Waals surface area contributed by atoms with E-state index in [2.05, 4.69) is 19.6 Å². The standard InChI is InChI=1S/C15H17F3N4S/c16-15(17,18)12-6-4-11(5-7-12)10-19-13-20-14(23-21-13)22-8-2-1-3-9-22/h4-7H,1-3,8-10H2,(H,19,21). The fourth-order valence-corrected chi connectivity index (χ4v) is 3.19. The van der Waals surface area contributed by atoms with Gasteiger partial charge in [-0.15, -0.1) is 0 Å². The predicted octanol–water partition coefficient (Wildman–Crippen LogP) is 4.16. The van der Waals surface area contributed by atoms with E-state index in [-0.39, 0.29) is 0 Å². The SMILES string of the molecule is FC(F)(F)c1ccc(CNc2nsc(N3CCCCC3)n2)cc1. The number of rotatable bonds is 4. The van der Waals surface area contributed by atoms with E-state index < -0.39 is 11.7 Å². The van der Waals surface area contributed by atoms with Crippen molar-refractivity contribution in [1.82, 2.24) is 9.36 Å². The number of anilines is 2. The van der Waals surface area contributed by atoms with Gasteiger partial charge in [0.15, 0.2) is 0 Å². The summed E-state index contributed by atoms with van der Waals surface area (Å²) in [6.07, 6.45) is -0.693. The highest BCUT2D eigenvalue weighted by atomic mass is 32.1. The minimum atomic E-state index is -4.30. The maximum absolute atomic E-state index is 12.5.